The zero-order valence-corrected chi connectivity index (χ0v) is 14.2. The standard InChI is InChI=1S/C19H34O2/c1-4-5-6-7-8-9-10-11-12-13-14-15-16-17-21-19(20)18(2)3/h16-17H,2,4-15H2,1,3H3/b17-16+. The van der Waals surface area contributed by atoms with E-state index < -0.39 is 0 Å². The molecule has 0 aliphatic rings. The van der Waals surface area contributed by atoms with Crippen molar-refractivity contribution in [3.8, 4) is 0 Å². The monoisotopic (exact) mass is 294 g/mol. The van der Waals surface area contributed by atoms with Gasteiger partial charge >= 0.3 is 5.97 Å². The first-order chi connectivity index (χ1) is 10.2. The molecule has 0 N–H and O–H groups in total. The molecular formula is C19H34O2. The van der Waals surface area contributed by atoms with Gasteiger partial charge in [0.25, 0.3) is 0 Å². The summed E-state index contributed by atoms with van der Waals surface area (Å²) in [5.41, 5.74) is 0.439. The normalized spacial score (nSPS) is 11.0. The lowest BCUT2D eigenvalue weighted by molar-refractivity contribution is -0.133. The lowest BCUT2D eigenvalue weighted by Crippen LogP contribution is -1.98. The Bertz CT molecular complexity index is 292. The molecule has 0 fully saturated rings. The molecule has 0 radical (unpaired) electrons. The van der Waals surface area contributed by atoms with Gasteiger partial charge in [0, 0.05) is 5.57 Å². The van der Waals surface area contributed by atoms with E-state index in [9.17, 15) is 4.79 Å². The lowest BCUT2D eigenvalue weighted by atomic mass is 10.1. The van der Waals surface area contributed by atoms with Crippen LogP contribution in [-0.2, 0) is 9.53 Å². The molecular weight excluding hydrogens is 260 g/mol. The molecule has 0 bridgehead atoms. The van der Waals surface area contributed by atoms with E-state index >= 15 is 0 Å². The molecule has 0 saturated carbocycles. The quantitative estimate of drug-likeness (QED) is 0.162. The first-order valence-electron chi connectivity index (χ1n) is 8.70. The van der Waals surface area contributed by atoms with Gasteiger partial charge < -0.3 is 4.74 Å². The summed E-state index contributed by atoms with van der Waals surface area (Å²) < 4.78 is 4.88. The highest BCUT2D eigenvalue weighted by molar-refractivity contribution is 5.87. The van der Waals surface area contributed by atoms with Gasteiger partial charge in [-0.1, -0.05) is 77.7 Å². The molecule has 0 unspecified atom stereocenters. The van der Waals surface area contributed by atoms with Gasteiger partial charge in [-0.25, -0.2) is 4.79 Å². The van der Waals surface area contributed by atoms with E-state index in [1.54, 1.807) is 6.92 Å². The maximum absolute atomic E-state index is 11.1. The molecule has 122 valence electrons. The molecule has 21 heavy (non-hydrogen) atoms. The molecule has 0 amide bonds. The van der Waals surface area contributed by atoms with E-state index in [1.165, 1.54) is 76.9 Å². The number of carbonyl (C=O) groups is 1. The predicted octanol–water partition coefficient (Wildman–Crippen LogP) is 6.32. The van der Waals surface area contributed by atoms with Gasteiger partial charge in [-0.2, -0.15) is 0 Å². The second kappa shape index (κ2) is 15.3. The van der Waals surface area contributed by atoms with Crippen LogP contribution < -0.4 is 0 Å². The minimum atomic E-state index is -0.342. The van der Waals surface area contributed by atoms with Crippen molar-refractivity contribution in [3.05, 3.63) is 24.5 Å². The summed E-state index contributed by atoms with van der Waals surface area (Å²) in [6.45, 7) is 7.45. The molecule has 0 heterocycles. The van der Waals surface area contributed by atoms with Gasteiger partial charge in [-0.3, -0.25) is 0 Å². The Morgan fingerprint density at radius 3 is 1.86 bits per heavy atom. The summed E-state index contributed by atoms with van der Waals surface area (Å²) in [6.07, 6.45) is 19.3. The van der Waals surface area contributed by atoms with E-state index in [2.05, 4.69) is 13.5 Å². The van der Waals surface area contributed by atoms with Crippen LogP contribution in [0.25, 0.3) is 0 Å². The topological polar surface area (TPSA) is 26.3 Å². The van der Waals surface area contributed by atoms with Crippen molar-refractivity contribution in [3.63, 3.8) is 0 Å². The minimum Gasteiger partial charge on any atom is -0.431 e. The van der Waals surface area contributed by atoms with Gasteiger partial charge in [0.15, 0.2) is 0 Å². The molecule has 0 atom stereocenters. The number of allylic oxidation sites excluding steroid dienone is 1. The van der Waals surface area contributed by atoms with Crippen LogP contribution in [0, 0.1) is 0 Å². The molecule has 0 spiro atoms. The van der Waals surface area contributed by atoms with Crippen molar-refractivity contribution in [2.45, 2.75) is 90.9 Å². The van der Waals surface area contributed by atoms with Gasteiger partial charge in [-0.15, -0.1) is 0 Å². The summed E-state index contributed by atoms with van der Waals surface area (Å²) in [6, 6.07) is 0. The summed E-state index contributed by atoms with van der Waals surface area (Å²) in [4.78, 5) is 11.1. The number of hydrogen-bond acceptors (Lipinski definition) is 2. The van der Waals surface area contributed by atoms with E-state index in [4.69, 9.17) is 4.74 Å². The zero-order valence-electron chi connectivity index (χ0n) is 14.2. The average molecular weight is 294 g/mol. The van der Waals surface area contributed by atoms with Crippen LogP contribution in [0.5, 0.6) is 0 Å². The number of esters is 1. The van der Waals surface area contributed by atoms with Gasteiger partial charge in [-0.05, 0) is 25.8 Å². The summed E-state index contributed by atoms with van der Waals surface area (Å²) in [7, 11) is 0. The van der Waals surface area contributed by atoms with Gasteiger partial charge in [0.05, 0.1) is 6.26 Å². The second-order valence-corrected chi connectivity index (χ2v) is 5.88. The first-order valence-corrected chi connectivity index (χ1v) is 8.70. The third-order valence-electron chi connectivity index (χ3n) is 3.59. The van der Waals surface area contributed by atoms with E-state index in [0.717, 1.165) is 6.42 Å². The molecule has 2 nitrogen and oxygen atoms in total. The number of hydrogen-bond donors (Lipinski definition) is 0. The fourth-order valence-corrected chi connectivity index (χ4v) is 2.20. The average Bonchev–Trinajstić information content (AvgIpc) is 2.47. The minimum absolute atomic E-state index is 0.342. The van der Waals surface area contributed by atoms with E-state index in [0.29, 0.717) is 5.57 Å². The Hall–Kier alpha value is -1.05. The fourth-order valence-electron chi connectivity index (χ4n) is 2.20. The lowest BCUT2D eigenvalue weighted by Gasteiger charge is -2.01. The summed E-state index contributed by atoms with van der Waals surface area (Å²) >= 11 is 0. The smallest absolute Gasteiger partial charge is 0.337 e. The van der Waals surface area contributed by atoms with E-state index in [-0.39, 0.29) is 5.97 Å². The molecule has 0 aliphatic carbocycles. The van der Waals surface area contributed by atoms with Crippen molar-refractivity contribution in [1.29, 1.82) is 0 Å². The van der Waals surface area contributed by atoms with E-state index in [1.807, 2.05) is 6.08 Å². The highest BCUT2D eigenvalue weighted by atomic mass is 16.5. The summed E-state index contributed by atoms with van der Waals surface area (Å²) in [5.74, 6) is -0.342. The third kappa shape index (κ3) is 15.2. The molecule has 0 saturated heterocycles. The van der Waals surface area contributed by atoms with Crippen LogP contribution in [0.15, 0.2) is 24.5 Å². The number of unbranched alkanes of at least 4 members (excludes halogenated alkanes) is 11. The van der Waals surface area contributed by atoms with Crippen LogP contribution in [0.4, 0.5) is 0 Å². The molecule has 2 heteroatoms. The van der Waals surface area contributed by atoms with Crippen molar-refractivity contribution in [2.24, 2.45) is 0 Å². The maximum atomic E-state index is 11.1. The zero-order chi connectivity index (χ0) is 15.8. The van der Waals surface area contributed by atoms with Crippen LogP contribution in [0.2, 0.25) is 0 Å². The summed E-state index contributed by atoms with van der Waals surface area (Å²) in [5, 5.41) is 0. The highest BCUT2D eigenvalue weighted by Gasteiger charge is 1.98. The molecule has 0 rings (SSSR count). The Balaban J connectivity index is 3.17. The molecule has 0 aliphatic heterocycles. The highest BCUT2D eigenvalue weighted by Crippen LogP contribution is 2.12. The Morgan fingerprint density at radius 2 is 1.38 bits per heavy atom. The van der Waals surface area contributed by atoms with Crippen LogP contribution in [0.1, 0.15) is 90.9 Å². The van der Waals surface area contributed by atoms with Gasteiger partial charge in [0.2, 0.25) is 0 Å². The number of ether oxygens (including phenoxy) is 1. The molecule has 0 aromatic carbocycles. The van der Waals surface area contributed by atoms with Crippen molar-refractivity contribution >= 4 is 5.97 Å². The maximum Gasteiger partial charge on any atom is 0.337 e. The van der Waals surface area contributed by atoms with Crippen LogP contribution in [0.3, 0.4) is 0 Å². The first kappa shape index (κ1) is 19.9. The van der Waals surface area contributed by atoms with Crippen LogP contribution in [-0.4, -0.2) is 5.97 Å². The second-order valence-electron chi connectivity index (χ2n) is 5.88. The van der Waals surface area contributed by atoms with Crippen molar-refractivity contribution in [1.82, 2.24) is 0 Å². The molecule has 0 aromatic rings. The predicted molar refractivity (Wildman–Crippen MR) is 91.1 cm³/mol. The number of carbonyl (C=O) groups excluding carboxylic acids is 1. The van der Waals surface area contributed by atoms with Crippen molar-refractivity contribution in [2.75, 3.05) is 0 Å². The Morgan fingerprint density at radius 1 is 0.905 bits per heavy atom. The molecule has 0 aromatic heterocycles. The SMILES string of the molecule is C=C(C)C(=O)O/C=C/CCCCCCCCCCCCC. The fraction of sp³-hybridized carbons (Fsp3) is 0.737. The third-order valence-corrected chi connectivity index (χ3v) is 3.59. The largest absolute Gasteiger partial charge is 0.431 e. The number of rotatable bonds is 14. The van der Waals surface area contributed by atoms with Crippen molar-refractivity contribution < 1.29 is 9.53 Å². The Labute approximate surface area is 131 Å². The van der Waals surface area contributed by atoms with Crippen LogP contribution >= 0.6 is 0 Å². The Kier molecular flexibility index (Phi) is 14.6. The van der Waals surface area contributed by atoms with Gasteiger partial charge in [0.1, 0.15) is 0 Å².